The van der Waals surface area contributed by atoms with E-state index < -0.39 is 6.17 Å². The van der Waals surface area contributed by atoms with E-state index in [1.165, 1.54) is 6.42 Å². The van der Waals surface area contributed by atoms with Gasteiger partial charge in [-0.2, -0.15) is 0 Å². The van der Waals surface area contributed by atoms with Crippen molar-refractivity contribution < 1.29 is 9.13 Å². The van der Waals surface area contributed by atoms with Crippen LogP contribution >= 0.6 is 0 Å². The van der Waals surface area contributed by atoms with E-state index in [4.69, 9.17) is 4.74 Å². The number of alkyl halides is 1. The predicted octanol–water partition coefficient (Wildman–Crippen LogP) is 2.38. The SMILES string of the molecule is CC(C)OC[C@]12CC[C@H](C)N1C[C@@H](F)C2. The maximum absolute atomic E-state index is 13.5. The van der Waals surface area contributed by atoms with Crippen molar-refractivity contribution in [3.05, 3.63) is 0 Å². The minimum atomic E-state index is -0.650. The van der Waals surface area contributed by atoms with Crippen LogP contribution in [0.15, 0.2) is 0 Å². The Kier molecular flexibility index (Phi) is 3.04. The highest BCUT2D eigenvalue weighted by Gasteiger charge is 2.51. The average Bonchev–Trinajstić information content (AvgIpc) is 2.62. The summed E-state index contributed by atoms with van der Waals surface area (Å²) in [6.07, 6.45) is 2.55. The van der Waals surface area contributed by atoms with Gasteiger partial charge in [0, 0.05) is 24.5 Å². The molecule has 0 unspecified atom stereocenters. The summed E-state index contributed by atoms with van der Waals surface area (Å²) in [5, 5.41) is 0. The van der Waals surface area contributed by atoms with Crippen LogP contribution in [0.4, 0.5) is 4.39 Å². The molecule has 2 rings (SSSR count). The van der Waals surface area contributed by atoms with E-state index in [1.807, 2.05) is 13.8 Å². The molecule has 0 saturated carbocycles. The Balaban J connectivity index is 2.04. The van der Waals surface area contributed by atoms with Gasteiger partial charge in [0.25, 0.3) is 0 Å². The van der Waals surface area contributed by atoms with Gasteiger partial charge in [-0.25, -0.2) is 4.39 Å². The molecule has 2 aliphatic heterocycles. The van der Waals surface area contributed by atoms with Gasteiger partial charge < -0.3 is 4.74 Å². The fourth-order valence-electron chi connectivity index (χ4n) is 3.06. The van der Waals surface area contributed by atoms with Crippen molar-refractivity contribution >= 4 is 0 Å². The quantitative estimate of drug-likeness (QED) is 0.716. The molecule has 0 aliphatic carbocycles. The minimum absolute atomic E-state index is 0.0170. The Labute approximate surface area is 91.8 Å². The lowest BCUT2D eigenvalue weighted by atomic mass is 9.94. The molecule has 2 nitrogen and oxygen atoms in total. The molecule has 15 heavy (non-hydrogen) atoms. The number of ether oxygens (including phenoxy) is 1. The molecule has 0 aromatic heterocycles. The van der Waals surface area contributed by atoms with Crippen molar-refractivity contribution in [1.82, 2.24) is 4.90 Å². The summed E-state index contributed by atoms with van der Waals surface area (Å²) in [6.45, 7) is 7.61. The average molecular weight is 215 g/mol. The molecule has 0 aromatic carbocycles. The minimum Gasteiger partial charge on any atom is -0.377 e. The predicted molar refractivity (Wildman–Crippen MR) is 58.7 cm³/mol. The second kappa shape index (κ2) is 4.02. The van der Waals surface area contributed by atoms with Gasteiger partial charge in [-0.3, -0.25) is 4.90 Å². The van der Waals surface area contributed by atoms with Crippen LogP contribution in [0.1, 0.15) is 40.0 Å². The lowest BCUT2D eigenvalue weighted by Crippen LogP contribution is -2.45. The number of hydrogen-bond donors (Lipinski definition) is 0. The van der Waals surface area contributed by atoms with Crippen molar-refractivity contribution in [3.63, 3.8) is 0 Å². The maximum Gasteiger partial charge on any atom is 0.115 e. The molecule has 3 atom stereocenters. The fraction of sp³-hybridized carbons (Fsp3) is 1.00. The summed E-state index contributed by atoms with van der Waals surface area (Å²) in [5.74, 6) is 0. The molecule has 3 heteroatoms. The summed E-state index contributed by atoms with van der Waals surface area (Å²) < 4.78 is 19.2. The normalized spacial score (nSPS) is 41.4. The highest BCUT2D eigenvalue weighted by molar-refractivity contribution is 5.06. The Morgan fingerprint density at radius 3 is 2.93 bits per heavy atom. The number of rotatable bonds is 3. The van der Waals surface area contributed by atoms with Gasteiger partial charge in [-0.05, 0) is 33.6 Å². The van der Waals surface area contributed by atoms with Crippen LogP contribution in [0.25, 0.3) is 0 Å². The van der Waals surface area contributed by atoms with Gasteiger partial charge in [0.05, 0.1) is 12.7 Å². The molecule has 0 aromatic rings. The molecule has 2 fully saturated rings. The van der Waals surface area contributed by atoms with Crippen LogP contribution in [0.3, 0.4) is 0 Å². The summed E-state index contributed by atoms with van der Waals surface area (Å²) in [7, 11) is 0. The summed E-state index contributed by atoms with van der Waals surface area (Å²) in [5.41, 5.74) is 0.0170. The molecular formula is C12H22FNO. The van der Waals surface area contributed by atoms with Crippen LogP contribution in [0.5, 0.6) is 0 Å². The second-order valence-corrected chi connectivity index (χ2v) is 5.43. The van der Waals surface area contributed by atoms with E-state index in [-0.39, 0.29) is 11.6 Å². The van der Waals surface area contributed by atoms with E-state index in [2.05, 4.69) is 11.8 Å². The van der Waals surface area contributed by atoms with Crippen molar-refractivity contribution in [2.45, 2.75) is 63.9 Å². The lowest BCUT2D eigenvalue weighted by Gasteiger charge is -2.34. The van der Waals surface area contributed by atoms with E-state index in [0.29, 0.717) is 25.6 Å². The molecule has 0 radical (unpaired) electrons. The topological polar surface area (TPSA) is 12.5 Å². The fourth-order valence-corrected chi connectivity index (χ4v) is 3.06. The third-order valence-electron chi connectivity index (χ3n) is 3.85. The number of halogens is 1. The van der Waals surface area contributed by atoms with E-state index in [0.717, 1.165) is 6.42 Å². The van der Waals surface area contributed by atoms with E-state index in [9.17, 15) is 4.39 Å². The van der Waals surface area contributed by atoms with Crippen LogP contribution < -0.4 is 0 Å². The lowest BCUT2D eigenvalue weighted by molar-refractivity contribution is -0.00371. The Morgan fingerprint density at radius 2 is 2.27 bits per heavy atom. The standard InChI is InChI=1S/C12H22FNO/c1-9(2)15-8-12-5-4-10(3)14(12)7-11(13)6-12/h9-11H,4-8H2,1-3H3/t10-,11-,12+/m0/s1. The maximum atomic E-state index is 13.5. The first-order chi connectivity index (χ1) is 7.03. The van der Waals surface area contributed by atoms with Crippen LogP contribution in [-0.4, -0.2) is 41.9 Å². The number of nitrogens with zero attached hydrogens (tertiary/aromatic N) is 1. The van der Waals surface area contributed by atoms with Crippen LogP contribution in [-0.2, 0) is 4.74 Å². The zero-order chi connectivity index (χ0) is 11.1. The Bertz CT molecular complexity index is 234. The highest BCUT2D eigenvalue weighted by Crippen LogP contribution is 2.43. The highest BCUT2D eigenvalue weighted by atomic mass is 19.1. The summed E-state index contributed by atoms with van der Waals surface area (Å²) >= 11 is 0. The molecule has 2 heterocycles. The molecule has 88 valence electrons. The molecular weight excluding hydrogens is 193 g/mol. The third kappa shape index (κ3) is 2.04. The molecule has 2 aliphatic rings. The second-order valence-electron chi connectivity index (χ2n) is 5.43. The third-order valence-corrected chi connectivity index (χ3v) is 3.85. The first-order valence-electron chi connectivity index (χ1n) is 6.06. The first kappa shape index (κ1) is 11.3. The zero-order valence-corrected chi connectivity index (χ0v) is 10.0. The molecule has 0 N–H and O–H groups in total. The molecule has 0 amide bonds. The largest absolute Gasteiger partial charge is 0.377 e. The first-order valence-corrected chi connectivity index (χ1v) is 6.06. The van der Waals surface area contributed by atoms with Gasteiger partial charge in [0.2, 0.25) is 0 Å². The van der Waals surface area contributed by atoms with Crippen molar-refractivity contribution in [2.75, 3.05) is 13.2 Å². The van der Waals surface area contributed by atoms with E-state index >= 15 is 0 Å². The molecule has 0 bridgehead atoms. The van der Waals surface area contributed by atoms with Gasteiger partial charge in [-0.1, -0.05) is 0 Å². The number of hydrogen-bond acceptors (Lipinski definition) is 2. The van der Waals surface area contributed by atoms with Gasteiger partial charge in [0.1, 0.15) is 6.17 Å². The molecule has 0 spiro atoms. The summed E-state index contributed by atoms with van der Waals surface area (Å²) in [4.78, 5) is 2.33. The van der Waals surface area contributed by atoms with Crippen molar-refractivity contribution in [3.8, 4) is 0 Å². The Morgan fingerprint density at radius 1 is 1.53 bits per heavy atom. The zero-order valence-electron chi connectivity index (χ0n) is 10.0. The van der Waals surface area contributed by atoms with Crippen molar-refractivity contribution in [2.24, 2.45) is 0 Å². The number of fused-ring (bicyclic) bond motifs is 1. The Hall–Kier alpha value is -0.150. The van der Waals surface area contributed by atoms with Gasteiger partial charge in [0.15, 0.2) is 0 Å². The van der Waals surface area contributed by atoms with Gasteiger partial charge >= 0.3 is 0 Å². The van der Waals surface area contributed by atoms with Crippen LogP contribution in [0, 0.1) is 0 Å². The van der Waals surface area contributed by atoms with Crippen LogP contribution in [0.2, 0.25) is 0 Å². The monoisotopic (exact) mass is 215 g/mol. The van der Waals surface area contributed by atoms with E-state index in [1.54, 1.807) is 0 Å². The molecule has 2 saturated heterocycles. The van der Waals surface area contributed by atoms with Crippen molar-refractivity contribution in [1.29, 1.82) is 0 Å². The van der Waals surface area contributed by atoms with Gasteiger partial charge in [-0.15, -0.1) is 0 Å². The smallest absolute Gasteiger partial charge is 0.115 e. The summed E-state index contributed by atoms with van der Waals surface area (Å²) in [6, 6.07) is 0.529.